The molecule has 3 aromatic carbocycles. The van der Waals surface area contributed by atoms with Crippen LogP contribution in [0, 0.1) is 0 Å². The highest BCUT2D eigenvalue weighted by Gasteiger charge is 2.20. The van der Waals surface area contributed by atoms with Gasteiger partial charge in [0.15, 0.2) is 5.82 Å². The van der Waals surface area contributed by atoms with Gasteiger partial charge in [0, 0.05) is 54.4 Å². The van der Waals surface area contributed by atoms with Crippen LogP contribution in [0.5, 0.6) is 11.5 Å². The SMILES string of the molecule is COc1cc(OC)c(Cl)c(-c2ccc3c(NC(=O)c4ccc(N5CCNCC5)cc4)n[nH]c3c2)c1Cl. The first-order chi connectivity index (χ1) is 17.5. The van der Waals surface area contributed by atoms with Crippen molar-refractivity contribution in [2.75, 3.05) is 50.6 Å². The standard InChI is InChI=1S/C26H25Cl2N5O3/c1-35-20-14-21(36-2)24(28)22(23(20)27)16-5-8-18-19(13-16)31-32-25(18)30-26(34)15-3-6-17(7-4-15)33-11-9-29-10-12-33/h3-8,13-14,29H,9-12H2,1-2H3,(H2,30,31,32,34). The van der Waals surface area contributed by atoms with Crippen LogP contribution in [-0.4, -0.2) is 56.5 Å². The third-order valence-electron chi connectivity index (χ3n) is 6.27. The molecule has 1 fully saturated rings. The smallest absolute Gasteiger partial charge is 0.256 e. The Labute approximate surface area is 218 Å². The van der Waals surface area contributed by atoms with Gasteiger partial charge in [-0.1, -0.05) is 29.3 Å². The molecule has 1 aromatic heterocycles. The minimum absolute atomic E-state index is 0.233. The van der Waals surface area contributed by atoms with Crippen molar-refractivity contribution in [1.82, 2.24) is 15.5 Å². The average molecular weight is 526 g/mol. The normalized spacial score (nSPS) is 13.6. The number of methoxy groups -OCH3 is 2. The van der Waals surface area contributed by atoms with E-state index < -0.39 is 0 Å². The number of halogens is 2. The maximum atomic E-state index is 12.9. The summed E-state index contributed by atoms with van der Waals surface area (Å²) in [7, 11) is 3.06. The molecule has 0 unspecified atom stereocenters. The minimum Gasteiger partial charge on any atom is -0.495 e. The topological polar surface area (TPSA) is 91.5 Å². The Hall–Kier alpha value is -3.46. The molecule has 2 heterocycles. The van der Waals surface area contributed by atoms with E-state index in [4.69, 9.17) is 32.7 Å². The molecular formula is C26H25Cl2N5O3. The summed E-state index contributed by atoms with van der Waals surface area (Å²) in [5.41, 5.74) is 3.72. The van der Waals surface area contributed by atoms with E-state index in [2.05, 4.69) is 25.7 Å². The number of carbonyl (C=O) groups excluding carboxylic acids is 1. The van der Waals surface area contributed by atoms with Gasteiger partial charge in [-0.2, -0.15) is 5.10 Å². The van der Waals surface area contributed by atoms with E-state index in [9.17, 15) is 4.79 Å². The number of carbonyl (C=O) groups is 1. The van der Waals surface area contributed by atoms with Crippen LogP contribution in [0.25, 0.3) is 22.0 Å². The van der Waals surface area contributed by atoms with Crippen molar-refractivity contribution in [1.29, 1.82) is 0 Å². The van der Waals surface area contributed by atoms with Crippen molar-refractivity contribution in [2.24, 2.45) is 0 Å². The van der Waals surface area contributed by atoms with Gasteiger partial charge in [0.25, 0.3) is 5.91 Å². The third kappa shape index (κ3) is 4.55. The monoisotopic (exact) mass is 525 g/mol. The summed E-state index contributed by atoms with van der Waals surface area (Å²) in [4.78, 5) is 15.2. The summed E-state index contributed by atoms with van der Waals surface area (Å²) < 4.78 is 10.8. The Bertz CT molecular complexity index is 1390. The van der Waals surface area contributed by atoms with E-state index in [1.807, 2.05) is 42.5 Å². The zero-order chi connectivity index (χ0) is 25.2. The molecule has 4 aromatic rings. The van der Waals surface area contributed by atoms with Crippen LogP contribution in [0.15, 0.2) is 48.5 Å². The molecular weight excluding hydrogens is 501 g/mol. The quantitative estimate of drug-likeness (QED) is 0.319. The molecule has 1 saturated heterocycles. The number of hydrogen-bond acceptors (Lipinski definition) is 6. The fraction of sp³-hybridized carbons (Fsp3) is 0.231. The molecule has 0 bridgehead atoms. The maximum absolute atomic E-state index is 12.9. The average Bonchev–Trinajstić information content (AvgIpc) is 3.31. The second-order valence-corrected chi connectivity index (χ2v) is 9.11. The van der Waals surface area contributed by atoms with E-state index in [-0.39, 0.29) is 5.91 Å². The predicted molar refractivity (Wildman–Crippen MR) is 144 cm³/mol. The highest BCUT2D eigenvalue weighted by atomic mass is 35.5. The van der Waals surface area contributed by atoms with Crippen molar-refractivity contribution in [3.8, 4) is 22.6 Å². The van der Waals surface area contributed by atoms with Gasteiger partial charge in [0.05, 0.1) is 29.8 Å². The number of aromatic nitrogens is 2. The number of nitrogens with zero attached hydrogens (tertiary/aromatic N) is 2. The molecule has 1 amide bonds. The van der Waals surface area contributed by atoms with E-state index in [0.717, 1.165) is 42.8 Å². The molecule has 186 valence electrons. The van der Waals surface area contributed by atoms with Crippen molar-refractivity contribution >= 4 is 51.5 Å². The summed E-state index contributed by atoms with van der Waals surface area (Å²) in [5, 5.41) is 15.0. The highest BCUT2D eigenvalue weighted by Crippen LogP contribution is 2.46. The second-order valence-electron chi connectivity index (χ2n) is 8.35. The molecule has 0 atom stereocenters. The molecule has 0 radical (unpaired) electrons. The fourth-order valence-electron chi connectivity index (χ4n) is 4.34. The van der Waals surface area contributed by atoms with Gasteiger partial charge in [-0.25, -0.2) is 0 Å². The Morgan fingerprint density at radius 2 is 1.64 bits per heavy atom. The number of rotatable bonds is 6. The van der Waals surface area contributed by atoms with Crippen LogP contribution < -0.4 is 25.0 Å². The molecule has 36 heavy (non-hydrogen) atoms. The van der Waals surface area contributed by atoms with Crippen LogP contribution in [0.3, 0.4) is 0 Å². The van der Waals surface area contributed by atoms with Crippen LogP contribution in [0.1, 0.15) is 10.4 Å². The first-order valence-corrected chi connectivity index (χ1v) is 12.2. The molecule has 3 N–H and O–H groups in total. The van der Waals surface area contributed by atoms with Gasteiger partial charge < -0.3 is 25.0 Å². The van der Waals surface area contributed by atoms with Crippen molar-refractivity contribution in [3.05, 3.63) is 64.1 Å². The number of anilines is 2. The largest absolute Gasteiger partial charge is 0.495 e. The lowest BCUT2D eigenvalue weighted by atomic mass is 10.0. The van der Waals surface area contributed by atoms with Crippen molar-refractivity contribution in [3.63, 3.8) is 0 Å². The number of hydrogen-bond donors (Lipinski definition) is 3. The highest BCUT2D eigenvalue weighted by molar-refractivity contribution is 6.41. The van der Waals surface area contributed by atoms with Gasteiger partial charge in [-0.3, -0.25) is 9.89 Å². The number of piperazine rings is 1. The summed E-state index contributed by atoms with van der Waals surface area (Å²) in [6.45, 7) is 3.82. The summed E-state index contributed by atoms with van der Waals surface area (Å²) in [6, 6.07) is 14.9. The van der Waals surface area contributed by atoms with E-state index in [0.29, 0.717) is 44.0 Å². The number of ether oxygens (including phenoxy) is 2. The first kappa shape index (κ1) is 24.2. The van der Waals surface area contributed by atoms with Crippen LogP contribution >= 0.6 is 23.2 Å². The molecule has 1 aliphatic rings. The fourth-order valence-corrected chi connectivity index (χ4v) is 5.05. The Kier molecular flexibility index (Phi) is 6.91. The number of nitrogens with one attached hydrogen (secondary N) is 3. The molecule has 8 nitrogen and oxygen atoms in total. The molecule has 0 saturated carbocycles. The summed E-state index contributed by atoms with van der Waals surface area (Å²) in [5.74, 6) is 1.11. The lowest BCUT2D eigenvalue weighted by Crippen LogP contribution is -2.43. The zero-order valence-corrected chi connectivity index (χ0v) is 21.3. The molecule has 5 rings (SSSR count). The van der Waals surface area contributed by atoms with E-state index in [1.165, 1.54) is 14.2 Å². The van der Waals surface area contributed by atoms with Gasteiger partial charge in [0.1, 0.15) is 11.5 Å². The van der Waals surface area contributed by atoms with Gasteiger partial charge in [0.2, 0.25) is 0 Å². The van der Waals surface area contributed by atoms with Crippen LogP contribution in [-0.2, 0) is 0 Å². The zero-order valence-electron chi connectivity index (χ0n) is 19.8. The predicted octanol–water partition coefficient (Wildman–Crippen LogP) is 5.22. The number of H-pyrrole nitrogens is 1. The number of aromatic amines is 1. The molecule has 1 aliphatic heterocycles. The third-order valence-corrected chi connectivity index (χ3v) is 7.02. The molecule has 0 spiro atoms. The molecule has 0 aliphatic carbocycles. The van der Waals surface area contributed by atoms with Crippen molar-refractivity contribution < 1.29 is 14.3 Å². The van der Waals surface area contributed by atoms with Crippen LogP contribution in [0.4, 0.5) is 11.5 Å². The lowest BCUT2D eigenvalue weighted by molar-refractivity contribution is 0.102. The lowest BCUT2D eigenvalue weighted by Gasteiger charge is -2.29. The maximum Gasteiger partial charge on any atom is 0.256 e. The minimum atomic E-state index is -0.233. The number of fused-ring (bicyclic) bond motifs is 1. The molecule has 10 heteroatoms. The van der Waals surface area contributed by atoms with E-state index in [1.54, 1.807) is 6.07 Å². The van der Waals surface area contributed by atoms with Gasteiger partial charge in [-0.15, -0.1) is 0 Å². The Balaban J connectivity index is 1.39. The second kappa shape index (κ2) is 10.3. The Morgan fingerprint density at radius 3 is 2.28 bits per heavy atom. The summed E-state index contributed by atoms with van der Waals surface area (Å²) >= 11 is 13.2. The first-order valence-electron chi connectivity index (χ1n) is 11.5. The van der Waals surface area contributed by atoms with Crippen LogP contribution in [0.2, 0.25) is 10.0 Å². The van der Waals surface area contributed by atoms with Crippen molar-refractivity contribution in [2.45, 2.75) is 0 Å². The van der Waals surface area contributed by atoms with Gasteiger partial charge in [-0.05, 0) is 42.0 Å². The number of benzene rings is 3. The number of amides is 1. The van der Waals surface area contributed by atoms with Gasteiger partial charge >= 0.3 is 0 Å². The van der Waals surface area contributed by atoms with E-state index >= 15 is 0 Å². The summed E-state index contributed by atoms with van der Waals surface area (Å²) in [6.07, 6.45) is 0. The Morgan fingerprint density at radius 1 is 0.972 bits per heavy atom.